The summed E-state index contributed by atoms with van der Waals surface area (Å²) in [5, 5.41) is 0. The van der Waals surface area contributed by atoms with E-state index in [2.05, 4.69) is 12.2 Å². The van der Waals surface area contributed by atoms with E-state index in [9.17, 15) is 0 Å². The van der Waals surface area contributed by atoms with Gasteiger partial charge in [-0.1, -0.05) is 12.2 Å². The predicted octanol–water partition coefficient (Wildman–Crippen LogP) is 1.12. The van der Waals surface area contributed by atoms with Crippen LogP contribution in [0.4, 0.5) is 0 Å². The van der Waals surface area contributed by atoms with Crippen molar-refractivity contribution in [3.05, 3.63) is 18.3 Å². The summed E-state index contributed by atoms with van der Waals surface area (Å²) >= 11 is 0. The van der Waals surface area contributed by atoms with Gasteiger partial charge in [0.25, 0.3) is 0 Å². The molecule has 1 unspecified atom stereocenters. The molecule has 0 N–H and O–H groups in total. The van der Waals surface area contributed by atoms with Crippen LogP contribution in [-0.4, -0.2) is 6.61 Å². The van der Waals surface area contributed by atoms with Crippen LogP contribution >= 0.6 is 0 Å². The van der Waals surface area contributed by atoms with E-state index in [1.165, 1.54) is 12.5 Å². The first-order chi connectivity index (χ1) is 3.45. The van der Waals surface area contributed by atoms with Gasteiger partial charge in [-0.2, -0.15) is 0 Å². The summed E-state index contributed by atoms with van der Waals surface area (Å²) in [6.07, 6.45) is 6.65. The molecule has 1 radical (unpaired) electrons. The third kappa shape index (κ3) is 0.416. The smallest absolute Gasteiger partial charge is 0.119 e. The normalized spacial score (nSPS) is 38.0. The van der Waals surface area contributed by atoms with Crippen molar-refractivity contribution in [1.82, 2.24) is 0 Å². The van der Waals surface area contributed by atoms with E-state index in [1.54, 1.807) is 0 Å². The van der Waals surface area contributed by atoms with E-state index in [1.807, 2.05) is 0 Å². The van der Waals surface area contributed by atoms with Crippen LogP contribution in [0.15, 0.2) is 12.2 Å². The summed E-state index contributed by atoms with van der Waals surface area (Å²) in [7, 11) is 0. The zero-order valence-electron chi connectivity index (χ0n) is 4.05. The maximum atomic E-state index is 5.18. The van der Waals surface area contributed by atoms with Gasteiger partial charge in [-0.15, -0.1) is 0 Å². The van der Waals surface area contributed by atoms with Gasteiger partial charge in [0.1, 0.15) is 6.10 Å². The molecule has 37 valence electrons. The summed E-state index contributed by atoms with van der Waals surface area (Å²) in [6.45, 7) is 0.936. The van der Waals surface area contributed by atoms with Gasteiger partial charge in [-0.05, 0) is 6.42 Å². The minimum atomic E-state index is 0.731. The van der Waals surface area contributed by atoms with Crippen LogP contribution in [-0.2, 0) is 4.74 Å². The van der Waals surface area contributed by atoms with Crippen LogP contribution < -0.4 is 0 Å². The van der Waals surface area contributed by atoms with E-state index in [4.69, 9.17) is 4.74 Å². The van der Waals surface area contributed by atoms with Crippen molar-refractivity contribution in [2.24, 2.45) is 5.92 Å². The molecule has 2 aliphatic rings. The number of rotatable bonds is 0. The molecule has 1 fully saturated rings. The molecule has 2 rings (SSSR count). The number of hydrogen-bond donors (Lipinski definition) is 0. The molecule has 0 aromatic heterocycles. The van der Waals surface area contributed by atoms with Gasteiger partial charge < -0.3 is 4.74 Å². The lowest BCUT2D eigenvalue weighted by Gasteiger charge is -1.99. The topological polar surface area (TPSA) is 9.23 Å². The largest absolute Gasteiger partial charge is 0.367 e. The van der Waals surface area contributed by atoms with Crippen LogP contribution in [0.25, 0.3) is 0 Å². The molecule has 1 heteroatoms. The zero-order valence-corrected chi connectivity index (χ0v) is 4.05. The molecule has 1 aliphatic carbocycles. The average Bonchev–Trinajstić information content (AvgIpc) is 2.22. The van der Waals surface area contributed by atoms with Gasteiger partial charge >= 0.3 is 0 Å². The molecule has 0 spiro atoms. The Bertz CT molecular complexity index is 94.7. The molecule has 7 heavy (non-hydrogen) atoms. The first-order valence-corrected chi connectivity index (χ1v) is 2.62. The minimum absolute atomic E-state index is 0.731. The third-order valence-corrected chi connectivity index (χ3v) is 1.50. The maximum Gasteiger partial charge on any atom is 0.119 e. The van der Waals surface area contributed by atoms with Crippen molar-refractivity contribution >= 4 is 0 Å². The standard InChI is InChI=1S/C6H7O/c1-2-6-3-5(1)4-7-6/h1-2,5H,3-4H2. The Kier molecular flexibility index (Phi) is 0.577. The molecule has 1 nitrogen and oxygen atoms in total. The highest BCUT2D eigenvalue weighted by Gasteiger charge is 2.27. The highest BCUT2D eigenvalue weighted by molar-refractivity contribution is 5.18. The molecule has 0 aromatic carbocycles. The Labute approximate surface area is 43.0 Å². The van der Waals surface area contributed by atoms with E-state index >= 15 is 0 Å². The lowest BCUT2D eigenvalue weighted by atomic mass is 10.2. The van der Waals surface area contributed by atoms with E-state index in [0.29, 0.717) is 0 Å². The molecule has 1 saturated heterocycles. The Morgan fingerprint density at radius 1 is 1.71 bits per heavy atom. The van der Waals surface area contributed by atoms with E-state index in [-0.39, 0.29) is 0 Å². The summed E-state index contributed by atoms with van der Waals surface area (Å²) < 4.78 is 5.18. The second-order valence-corrected chi connectivity index (χ2v) is 2.10. The molecule has 0 aromatic rings. The second kappa shape index (κ2) is 1.10. The quantitative estimate of drug-likeness (QED) is 0.438. The Morgan fingerprint density at radius 2 is 2.71 bits per heavy atom. The Morgan fingerprint density at radius 3 is 2.86 bits per heavy atom. The lowest BCUT2D eigenvalue weighted by molar-refractivity contribution is 0.204. The molecule has 2 bridgehead atoms. The fourth-order valence-corrected chi connectivity index (χ4v) is 1.07. The maximum absolute atomic E-state index is 5.18. The van der Waals surface area contributed by atoms with Crippen molar-refractivity contribution in [2.45, 2.75) is 6.42 Å². The molecular weight excluding hydrogens is 88.1 g/mol. The summed E-state index contributed by atoms with van der Waals surface area (Å²) in [5.74, 6) is 0.731. The first-order valence-electron chi connectivity index (χ1n) is 2.62. The molecule has 1 aliphatic heterocycles. The lowest BCUT2D eigenvalue weighted by Crippen LogP contribution is -1.94. The van der Waals surface area contributed by atoms with Crippen molar-refractivity contribution in [3.8, 4) is 0 Å². The molecule has 0 saturated carbocycles. The number of fused-ring (bicyclic) bond motifs is 2. The number of hydrogen-bond acceptors (Lipinski definition) is 1. The van der Waals surface area contributed by atoms with Gasteiger partial charge in [-0.25, -0.2) is 0 Å². The van der Waals surface area contributed by atoms with Gasteiger partial charge in [0.15, 0.2) is 0 Å². The van der Waals surface area contributed by atoms with Crippen LogP contribution in [0.2, 0.25) is 0 Å². The van der Waals surface area contributed by atoms with Crippen LogP contribution in [0.5, 0.6) is 0 Å². The SMILES string of the molecule is C1=CC2CO[C]1C2. The summed E-state index contributed by atoms with van der Waals surface area (Å²) in [6, 6.07) is 0. The fourth-order valence-electron chi connectivity index (χ4n) is 1.07. The van der Waals surface area contributed by atoms with Crippen molar-refractivity contribution < 1.29 is 4.74 Å². The molecule has 0 amide bonds. The van der Waals surface area contributed by atoms with Crippen molar-refractivity contribution in [1.29, 1.82) is 0 Å². The number of ether oxygens (including phenoxy) is 1. The van der Waals surface area contributed by atoms with Gasteiger partial charge in [0, 0.05) is 5.92 Å². The van der Waals surface area contributed by atoms with Crippen LogP contribution in [0.1, 0.15) is 6.42 Å². The molecule has 1 atom stereocenters. The van der Waals surface area contributed by atoms with Gasteiger partial charge in [0.2, 0.25) is 0 Å². The minimum Gasteiger partial charge on any atom is -0.367 e. The Balaban J connectivity index is 2.27. The van der Waals surface area contributed by atoms with E-state index in [0.717, 1.165) is 12.5 Å². The first kappa shape index (κ1) is 3.67. The highest BCUT2D eigenvalue weighted by atomic mass is 16.5. The van der Waals surface area contributed by atoms with Crippen LogP contribution in [0.3, 0.4) is 0 Å². The van der Waals surface area contributed by atoms with Crippen molar-refractivity contribution in [3.63, 3.8) is 0 Å². The van der Waals surface area contributed by atoms with Crippen molar-refractivity contribution in [2.75, 3.05) is 6.61 Å². The van der Waals surface area contributed by atoms with E-state index < -0.39 is 0 Å². The molecular formula is C6H7O. The third-order valence-electron chi connectivity index (χ3n) is 1.50. The predicted molar refractivity (Wildman–Crippen MR) is 26.4 cm³/mol. The second-order valence-electron chi connectivity index (χ2n) is 2.10. The summed E-state index contributed by atoms with van der Waals surface area (Å²) in [5.41, 5.74) is 0. The van der Waals surface area contributed by atoms with Gasteiger partial charge in [-0.3, -0.25) is 0 Å². The summed E-state index contributed by atoms with van der Waals surface area (Å²) in [4.78, 5) is 0. The fraction of sp³-hybridized carbons (Fsp3) is 0.500. The monoisotopic (exact) mass is 95.0 g/mol. The van der Waals surface area contributed by atoms with Gasteiger partial charge in [0.05, 0.1) is 6.61 Å². The Hall–Kier alpha value is -0.300. The average molecular weight is 95.1 g/mol. The van der Waals surface area contributed by atoms with Crippen LogP contribution in [0, 0.1) is 12.0 Å². The zero-order chi connectivity index (χ0) is 4.69. The molecule has 1 heterocycles. The highest BCUT2D eigenvalue weighted by Crippen LogP contribution is 2.33.